The van der Waals surface area contributed by atoms with Crippen molar-refractivity contribution in [3.63, 3.8) is 0 Å². The second kappa shape index (κ2) is 7.69. The quantitative estimate of drug-likeness (QED) is 0.737. The van der Waals surface area contributed by atoms with E-state index in [0.29, 0.717) is 6.04 Å². The lowest BCUT2D eigenvalue weighted by atomic mass is 10.2. The van der Waals surface area contributed by atoms with Gasteiger partial charge in [0.25, 0.3) is 0 Å². The first kappa shape index (κ1) is 14.5. The van der Waals surface area contributed by atoms with Crippen LogP contribution in [0.2, 0.25) is 0 Å². The Labute approximate surface area is 107 Å². The molecule has 0 saturated carbocycles. The van der Waals surface area contributed by atoms with Crippen molar-refractivity contribution in [2.45, 2.75) is 37.2 Å². The standard InChI is InChI=1S/C13H20FNOS/c1-10(2)15-12(9-16)6-7-17-13-5-3-4-11(14)8-13/h3-5,8,10,12,15-16H,6-7,9H2,1-2H3. The van der Waals surface area contributed by atoms with Crippen molar-refractivity contribution in [1.29, 1.82) is 0 Å². The maximum absolute atomic E-state index is 12.9. The highest BCUT2D eigenvalue weighted by Crippen LogP contribution is 2.19. The maximum atomic E-state index is 12.9. The van der Waals surface area contributed by atoms with Crippen LogP contribution in [0.5, 0.6) is 0 Å². The van der Waals surface area contributed by atoms with Crippen LogP contribution in [0.3, 0.4) is 0 Å². The van der Waals surface area contributed by atoms with Crippen LogP contribution in [0.15, 0.2) is 29.2 Å². The molecule has 0 aliphatic heterocycles. The van der Waals surface area contributed by atoms with Gasteiger partial charge in [0.2, 0.25) is 0 Å². The van der Waals surface area contributed by atoms with Gasteiger partial charge in [-0.05, 0) is 30.4 Å². The highest BCUT2D eigenvalue weighted by atomic mass is 32.2. The SMILES string of the molecule is CC(C)NC(CO)CCSc1cccc(F)c1. The van der Waals surface area contributed by atoms with Gasteiger partial charge in [0, 0.05) is 17.0 Å². The van der Waals surface area contributed by atoms with Gasteiger partial charge in [-0.1, -0.05) is 19.9 Å². The first-order chi connectivity index (χ1) is 8.11. The van der Waals surface area contributed by atoms with Crippen molar-refractivity contribution in [2.24, 2.45) is 0 Å². The third-order valence-electron chi connectivity index (χ3n) is 2.32. The number of halogens is 1. The van der Waals surface area contributed by atoms with Crippen molar-refractivity contribution in [2.75, 3.05) is 12.4 Å². The van der Waals surface area contributed by atoms with E-state index in [4.69, 9.17) is 0 Å². The molecule has 0 radical (unpaired) electrons. The predicted octanol–water partition coefficient (Wildman–Crippen LogP) is 2.67. The zero-order valence-corrected chi connectivity index (χ0v) is 11.1. The van der Waals surface area contributed by atoms with Crippen LogP contribution in [0.25, 0.3) is 0 Å². The molecule has 0 amide bonds. The molecule has 4 heteroatoms. The average molecular weight is 257 g/mol. The molecule has 0 bridgehead atoms. The normalized spacial score (nSPS) is 13.0. The minimum absolute atomic E-state index is 0.121. The van der Waals surface area contributed by atoms with Crippen LogP contribution < -0.4 is 5.32 Å². The van der Waals surface area contributed by atoms with Crippen molar-refractivity contribution in [1.82, 2.24) is 5.32 Å². The van der Waals surface area contributed by atoms with Crippen LogP contribution in [-0.4, -0.2) is 29.5 Å². The minimum atomic E-state index is -0.200. The van der Waals surface area contributed by atoms with Crippen LogP contribution in [-0.2, 0) is 0 Å². The van der Waals surface area contributed by atoms with Crippen molar-refractivity contribution >= 4 is 11.8 Å². The Morgan fingerprint density at radius 2 is 2.18 bits per heavy atom. The van der Waals surface area contributed by atoms with Gasteiger partial charge in [-0.15, -0.1) is 11.8 Å². The molecule has 0 aromatic heterocycles. The maximum Gasteiger partial charge on any atom is 0.124 e. The van der Waals surface area contributed by atoms with E-state index < -0.39 is 0 Å². The lowest BCUT2D eigenvalue weighted by Crippen LogP contribution is -2.37. The predicted molar refractivity (Wildman–Crippen MR) is 70.9 cm³/mol. The molecule has 2 N–H and O–H groups in total. The van der Waals surface area contributed by atoms with E-state index >= 15 is 0 Å². The van der Waals surface area contributed by atoms with E-state index in [9.17, 15) is 9.50 Å². The molecule has 1 aromatic rings. The Hall–Kier alpha value is -0.580. The Morgan fingerprint density at radius 1 is 1.41 bits per heavy atom. The molecule has 1 aromatic carbocycles. The lowest BCUT2D eigenvalue weighted by molar-refractivity contribution is 0.232. The van der Waals surface area contributed by atoms with E-state index in [1.165, 1.54) is 12.1 Å². The molecule has 1 unspecified atom stereocenters. The van der Waals surface area contributed by atoms with E-state index in [1.54, 1.807) is 17.8 Å². The Morgan fingerprint density at radius 3 is 2.76 bits per heavy atom. The topological polar surface area (TPSA) is 32.3 Å². The Balaban J connectivity index is 2.31. The molecule has 0 heterocycles. The van der Waals surface area contributed by atoms with Crippen molar-refractivity contribution < 1.29 is 9.50 Å². The molecule has 0 spiro atoms. The monoisotopic (exact) mass is 257 g/mol. The molecule has 0 aliphatic rings. The smallest absolute Gasteiger partial charge is 0.124 e. The molecule has 0 fully saturated rings. The number of hydrogen-bond acceptors (Lipinski definition) is 3. The molecule has 2 nitrogen and oxygen atoms in total. The molecular weight excluding hydrogens is 237 g/mol. The molecule has 0 aliphatic carbocycles. The average Bonchev–Trinajstić information content (AvgIpc) is 2.27. The summed E-state index contributed by atoms with van der Waals surface area (Å²) in [6.07, 6.45) is 0.871. The number of nitrogens with one attached hydrogen (secondary N) is 1. The van der Waals surface area contributed by atoms with Crippen LogP contribution >= 0.6 is 11.8 Å². The summed E-state index contributed by atoms with van der Waals surface area (Å²) in [7, 11) is 0. The molecular formula is C13H20FNOS. The number of rotatable bonds is 7. The fraction of sp³-hybridized carbons (Fsp3) is 0.538. The van der Waals surface area contributed by atoms with Gasteiger partial charge in [-0.2, -0.15) is 0 Å². The summed E-state index contributed by atoms with van der Waals surface area (Å²) in [6, 6.07) is 7.09. The number of aliphatic hydroxyl groups is 1. The summed E-state index contributed by atoms with van der Waals surface area (Å²) < 4.78 is 12.9. The van der Waals surface area contributed by atoms with Crippen LogP contribution in [0.1, 0.15) is 20.3 Å². The molecule has 0 saturated heterocycles. The fourth-order valence-electron chi connectivity index (χ4n) is 1.57. The first-order valence-corrected chi connectivity index (χ1v) is 6.85. The number of thioether (sulfide) groups is 1. The highest BCUT2D eigenvalue weighted by molar-refractivity contribution is 7.99. The Kier molecular flexibility index (Phi) is 6.55. The second-order valence-corrected chi connectivity index (χ2v) is 5.46. The van der Waals surface area contributed by atoms with Crippen LogP contribution in [0, 0.1) is 5.82 Å². The van der Waals surface area contributed by atoms with Gasteiger partial charge in [-0.3, -0.25) is 0 Å². The molecule has 1 rings (SSSR count). The second-order valence-electron chi connectivity index (χ2n) is 4.30. The number of hydrogen-bond donors (Lipinski definition) is 2. The van der Waals surface area contributed by atoms with Gasteiger partial charge in [0.15, 0.2) is 0 Å². The van der Waals surface area contributed by atoms with Gasteiger partial charge in [0.1, 0.15) is 5.82 Å². The van der Waals surface area contributed by atoms with Gasteiger partial charge in [-0.25, -0.2) is 4.39 Å². The number of aliphatic hydroxyl groups excluding tert-OH is 1. The van der Waals surface area contributed by atoms with Crippen molar-refractivity contribution in [3.05, 3.63) is 30.1 Å². The molecule has 17 heavy (non-hydrogen) atoms. The van der Waals surface area contributed by atoms with Gasteiger partial charge < -0.3 is 10.4 Å². The third kappa shape index (κ3) is 6.05. The zero-order chi connectivity index (χ0) is 12.7. The number of benzene rings is 1. The summed E-state index contributed by atoms with van der Waals surface area (Å²) in [5, 5.41) is 12.5. The zero-order valence-electron chi connectivity index (χ0n) is 10.3. The van der Waals surface area contributed by atoms with Gasteiger partial charge in [0.05, 0.1) is 6.61 Å². The van der Waals surface area contributed by atoms with E-state index in [1.807, 2.05) is 6.07 Å². The van der Waals surface area contributed by atoms with E-state index in [2.05, 4.69) is 19.2 Å². The summed E-state index contributed by atoms with van der Waals surface area (Å²) in [6.45, 7) is 4.26. The molecule has 1 atom stereocenters. The van der Waals surface area contributed by atoms with E-state index in [0.717, 1.165) is 17.1 Å². The largest absolute Gasteiger partial charge is 0.395 e. The summed E-state index contributed by atoms with van der Waals surface area (Å²) >= 11 is 1.61. The minimum Gasteiger partial charge on any atom is -0.395 e. The Bertz CT molecular complexity index is 333. The lowest BCUT2D eigenvalue weighted by Gasteiger charge is -2.18. The van der Waals surface area contributed by atoms with E-state index in [-0.39, 0.29) is 18.5 Å². The third-order valence-corrected chi connectivity index (χ3v) is 3.35. The molecule has 96 valence electrons. The van der Waals surface area contributed by atoms with Crippen molar-refractivity contribution in [3.8, 4) is 0 Å². The fourth-order valence-corrected chi connectivity index (χ4v) is 2.58. The summed E-state index contributed by atoms with van der Waals surface area (Å²) in [5.41, 5.74) is 0. The summed E-state index contributed by atoms with van der Waals surface area (Å²) in [5.74, 6) is 0.669. The van der Waals surface area contributed by atoms with Gasteiger partial charge >= 0.3 is 0 Å². The van der Waals surface area contributed by atoms with Crippen LogP contribution in [0.4, 0.5) is 4.39 Å². The first-order valence-electron chi connectivity index (χ1n) is 5.87. The summed E-state index contributed by atoms with van der Waals surface area (Å²) in [4.78, 5) is 0.936. The highest BCUT2D eigenvalue weighted by Gasteiger charge is 2.08.